The molecule has 0 aromatic heterocycles. The Labute approximate surface area is 141 Å². The van der Waals surface area contributed by atoms with Crippen LogP contribution in [0.3, 0.4) is 0 Å². The molecule has 3 rings (SSSR count). The van der Waals surface area contributed by atoms with E-state index in [4.69, 9.17) is 10.5 Å². The van der Waals surface area contributed by atoms with Gasteiger partial charge in [-0.2, -0.15) is 0 Å². The first kappa shape index (κ1) is 16.3. The number of hydrogen-bond donors (Lipinski definition) is 1. The minimum Gasteiger partial charge on any atom is -0.497 e. The highest BCUT2D eigenvalue weighted by molar-refractivity contribution is 5.89. The van der Waals surface area contributed by atoms with Gasteiger partial charge in [-0.3, -0.25) is 9.59 Å². The van der Waals surface area contributed by atoms with Gasteiger partial charge in [0.2, 0.25) is 11.8 Å². The van der Waals surface area contributed by atoms with Crippen molar-refractivity contribution in [2.24, 2.45) is 11.7 Å². The maximum Gasteiger partial charge on any atom is 0.229 e. The Hall–Kier alpha value is -2.56. The topological polar surface area (TPSA) is 72.6 Å². The van der Waals surface area contributed by atoms with Crippen LogP contribution in [0.1, 0.15) is 24.8 Å². The van der Waals surface area contributed by atoms with Crippen molar-refractivity contribution in [2.45, 2.75) is 19.3 Å². The molecule has 2 aromatic carbocycles. The number of benzene rings is 2. The van der Waals surface area contributed by atoms with Crippen molar-refractivity contribution in [3.05, 3.63) is 42.0 Å². The van der Waals surface area contributed by atoms with Crippen molar-refractivity contribution in [3.63, 3.8) is 0 Å². The van der Waals surface area contributed by atoms with Crippen LogP contribution in [0.5, 0.6) is 5.75 Å². The molecular formula is C19H22N2O3. The average molecular weight is 326 g/mol. The van der Waals surface area contributed by atoms with Gasteiger partial charge in [-0.1, -0.05) is 24.3 Å². The van der Waals surface area contributed by atoms with E-state index in [1.807, 2.05) is 43.3 Å². The molecule has 5 nitrogen and oxygen atoms in total. The highest BCUT2D eigenvalue weighted by Crippen LogP contribution is 2.27. The van der Waals surface area contributed by atoms with Crippen molar-refractivity contribution in [1.82, 2.24) is 4.90 Å². The highest BCUT2D eigenvalue weighted by atomic mass is 16.5. The molecular weight excluding hydrogens is 304 g/mol. The Morgan fingerprint density at radius 3 is 2.58 bits per heavy atom. The number of likely N-dealkylation sites (tertiary alicyclic amines) is 1. The van der Waals surface area contributed by atoms with Gasteiger partial charge in [0, 0.05) is 13.1 Å². The van der Waals surface area contributed by atoms with E-state index in [0.29, 0.717) is 19.5 Å². The van der Waals surface area contributed by atoms with Crippen LogP contribution in [-0.2, 0) is 9.59 Å². The van der Waals surface area contributed by atoms with E-state index in [1.54, 1.807) is 12.0 Å². The van der Waals surface area contributed by atoms with E-state index < -0.39 is 0 Å². The van der Waals surface area contributed by atoms with Crippen LogP contribution in [0.25, 0.3) is 10.8 Å². The Morgan fingerprint density at radius 2 is 1.92 bits per heavy atom. The molecule has 24 heavy (non-hydrogen) atoms. The van der Waals surface area contributed by atoms with Crippen molar-refractivity contribution >= 4 is 22.6 Å². The molecule has 0 unspecified atom stereocenters. The summed E-state index contributed by atoms with van der Waals surface area (Å²) in [4.78, 5) is 25.7. The number of carbonyl (C=O) groups is 2. The van der Waals surface area contributed by atoms with Crippen molar-refractivity contribution in [1.29, 1.82) is 0 Å². The van der Waals surface area contributed by atoms with Gasteiger partial charge in [0.1, 0.15) is 5.75 Å². The second kappa shape index (κ2) is 6.51. The number of rotatable bonds is 4. The number of hydrogen-bond acceptors (Lipinski definition) is 3. The number of carbonyl (C=O) groups excluding carboxylic acids is 2. The smallest absolute Gasteiger partial charge is 0.229 e. The summed E-state index contributed by atoms with van der Waals surface area (Å²) >= 11 is 0. The third-order valence-corrected chi connectivity index (χ3v) is 4.84. The summed E-state index contributed by atoms with van der Waals surface area (Å²) in [6.45, 7) is 2.94. The zero-order valence-corrected chi connectivity index (χ0v) is 14.0. The zero-order valence-electron chi connectivity index (χ0n) is 14.0. The van der Waals surface area contributed by atoms with Gasteiger partial charge >= 0.3 is 0 Å². The molecule has 2 aromatic rings. The lowest BCUT2D eigenvalue weighted by atomic mass is 9.96. The maximum atomic E-state index is 12.7. The lowest BCUT2D eigenvalue weighted by Crippen LogP contribution is -2.34. The molecule has 0 bridgehead atoms. The zero-order chi connectivity index (χ0) is 17.3. The first-order valence-electron chi connectivity index (χ1n) is 8.15. The third kappa shape index (κ3) is 3.07. The number of fused-ring (bicyclic) bond motifs is 1. The van der Waals surface area contributed by atoms with Crippen LogP contribution >= 0.6 is 0 Å². The van der Waals surface area contributed by atoms with E-state index in [-0.39, 0.29) is 23.7 Å². The van der Waals surface area contributed by atoms with Gasteiger partial charge in [0.15, 0.2) is 0 Å². The van der Waals surface area contributed by atoms with Gasteiger partial charge in [0.05, 0.1) is 18.9 Å². The fraction of sp³-hybridized carbons (Fsp3) is 0.368. The molecule has 0 spiro atoms. The maximum absolute atomic E-state index is 12.7. The summed E-state index contributed by atoms with van der Waals surface area (Å²) in [7, 11) is 1.64. The van der Waals surface area contributed by atoms with E-state index >= 15 is 0 Å². The fourth-order valence-corrected chi connectivity index (χ4v) is 3.25. The Bertz CT molecular complexity index is 787. The molecule has 1 heterocycles. The number of nitrogens with zero attached hydrogens (tertiary/aromatic N) is 1. The van der Waals surface area contributed by atoms with Gasteiger partial charge in [-0.05, 0) is 41.8 Å². The Balaban J connectivity index is 1.79. The first-order chi connectivity index (χ1) is 11.5. The van der Waals surface area contributed by atoms with E-state index in [0.717, 1.165) is 22.1 Å². The van der Waals surface area contributed by atoms with Gasteiger partial charge in [-0.25, -0.2) is 0 Å². The van der Waals surface area contributed by atoms with Crippen molar-refractivity contribution < 1.29 is 14.3 Å². The van der Waals surface area contributed by atoms with Crippen molar-refractivity contribution in [3.8, 4) is 5.75 Å². The minimum absolute atomic E-state index is 0.0478. The number of amides is 2. The Kier molecular flexibility index (Phi) is 4.42. The molecule has 126 valence electrons. The fourth-order valence-electron chi connectivity index (χ4n) is 3.25. The molecule has 0 saturated carbocycles. The summed E-state index contributed by atoms with van der Waals surface area (Å²) in [5.41, 5.74) is 6.32. The van der Waals surface area contributed by atoms with E-state index in [1.165, 1.54) is 0 Å². The van der Waals surface area contributed by atoms with Crippen LogP contribution in [0.2, 0.25) is 0 Å². The van der Waals surface area contributed by atoms with Gasteiger partial charge in [-0.15, -0.1) is 0 Å². The third-order valence-electron chi connectivity index (χ3n) is 4.84. The summed E-state index contributed by atoms with van der Waals surface area (Å²) in [5, 5.41) is 2.15. The predicted octanol–water partition coefficient (Wildman–Crippen LogP) is 2.29. The predicted molar refractivity (Wildman–Crippen MR) is 92.8 cm³/mol. The van der Waals surface area contributed by atoms with E-state index in [9.17, 15) is 9.59 Å². The Morgan fingerprint density at radius 1 is 1.21 bits per heavy atom. The summed E-state index contributed by atoms with van der Waals surface area (Å²) in [6, 6.07) is 11.9. The monoisotopic (exact) mass is 326 g/mol. The van der Waals surface area contributed by atoms with Crippen LogP contribution in [0.15, 0.2) is 36.4 Å². The van der Waals surface area contributed by atoms with Crippen LogP contribution < -0.4 is 10.5 Å². The van der Waals surface area contributed by atoms with Crippen LogP contribution in [-0.4, -0.2) is 36.9 Å². The summed E-state index contributed by atoms with van der Waals surface area (Å²) < 4.78 is 5.24. The summed E-state index contributed by atoms with van der Waals surface area (Å²) in [5.74, 6) is 0.0755. The molecule has 5 heteroatoms. The molecule has 1 saturated heterocycles. The van der Waals surface area contributed by atoms with Gasteiger partial charge < -0.3 is 15.4 Å². The molecule has 1 fully saturated rings. The second-order valence-corrected chi connectivity index (χ2v) is 6.37. The highest BCUT2D eigenvalue weighted by Gasteiger charge is 2.32. The molecule has 1 aliphatic rings. The molecule has 1 aliphatic heterocycles. The normalized spacial score (nSPS) is 18.6. The number of methoxy groups -OCH3 is 1. The van der Waals surface area contributed by atoms with E-state index in [2.05, 4.69) is 0 Å². The quantitative estimate of drug-likeness (QED) is 0.937. The average Bonchev–Trinajstić information content (AvgIpc) is 3.10. The first-order valence-corrected chi connectivity index (χ1v) is 8.15. The number of ether oxygens (including phenoxy) is 1. The molecule has 0 aliphatic carbocycles. The van der Waals surface area contributed by atoms with Crippen LogP contribution in [0.4, 0.5) is 0 Å². The molecule has 0 radical (unpaired) electrons. The molecule has 2 N–H and O–H groups in total. The standard InChI is InChI=1S/C19H22N2O3/c1-12(19(23)21-8-7-16(11-21)18(20)22)13-3-4-15-10-17(24-2)6-5-14(15)9-13/h3-6,9-10,12,16H,7-8,11H2,1-2H3,(H2,20,22)/t12-,16+/m0/s1. The minimum atomic E-state index is -0.322. The second-order valence-electron chi connectivity index (χ2n) is 6.37. The SMILES string of the molecule is COc1ccc2cc([C@H](C)C(=O)N3CC[C@@H](C(N)=O)C3)ccc2c1. The lowest BCUT2D eigenvalue weighted by molar-refractivity contribution is -0.131. The molecule has 2 atom stereocenters. The lowest BCUT2D eigenvalue weighted by Gasteiger charge is -2.21. The van der Waals surface area contributed by atoms with Crippen LogP contribution in [0, 0.1) is 5.92 Å². The number of primary amides is 1. The number of nitrogens with two attached hydrogens (primary N) is 1. The largest absolute Gasteiger partial charge is 0.497 e. The van der Waals surface area contributed by atoms with Gasteiger partial charge in [0.25, 0.3) is 0 Å². The molecule has 2 amide bonds. The van der Waals surface area contributed by atoms with Crippen molar-refractivity contribution in [2.75, 3.05) is 20.2 Å². The summed E-state index contributed by atoms with van der Waals surface area (Å²) in [6.07, 6.45) is 0.658.